The summed E-state index contributed by atoms with van der Waals surface area (Å²) >= 11 is 0. The van der Waals surface area contributed by atoms with Crippen LogP contribution >= 0.6 is 0 Å². The number of fused-ring (bicyclic) bond motifs is 3. The number of nitrogens with one attached hydrogen (secondary N) is 2. The fourth-order valence-corrected chi connectivity index (χ4v) is 5.02. The van der Waals surface area contributed by atoms with Crippen LogP contribution in [0, 0.1) is 5.92 Å². The third-order valence-corrected chi connectivity index (χ3v) is 7.05. The minimum Gasteiger partial charge on any atom is -0.480 e. The van der Waals surface area contributed by atoms with Crippen LogP contribution in [0.3, 0.4) is 0 Å². The Bertz CT molecular complexity index is 1280. The van der Waals surface area contributed by atoms with Crippen LogP contribution in [0.5, 0.6) is 0 Å². The van der Waals surface area contributed by atoms with E-state index in [1.807, 2.05) is 80.6 Å². The van der Waals surface area contributed by atoms with E-state index in [1.165, 1.54) is 0 Å². The van der Waals surface area contributed by atoms with Crippen molar-refractivity contribution >= 4 is 18.0 Å². The number of carbonyl (C=O) groups excluding carboxylic acids is 2. The van der Waals surface area contributed by atoms with Crippen molar-refractivity contribution in [2.45, 2.75) is 57.9 Å². The van der Waals surface area contributed by atoms with E-state index in [1.54, 1.807) is 6.92 Å². The molecule has 1 aliphatic rings. The van der Waals surface area contributed by atoms with Gasteiger partial charge in [0.25, 0.3) is 0 Å². The third-order valence-electron chi connectivity index (χ3n) is 7.05. The van der Waals surface area contributed by atoms with Gasteiger partial charge < -0.3 is 25.2 Å². The number of hydrogen-bond donors (Lipinski definition) is 3. The van der Waals surface area contributed by atoms with Crippen LogP contribution in [-0.4, -0.2) is 47.9 Å². The lowest BCUT2D eigenvalue weighted by atomic mass is 9.98. The molecule has 0 spiro atoms. The lowest BCUT2D eigenvalue weighted by Gasteiger charge is -2.26. The Morgan fingerprint density at radius 1 is 0.825 bits per heavy atom. The number of alkyl carbamates (subject to hydrolysis) is 1. The van der Waals surface area contributed by atoms with Crippen LogP contribution in [0.25, 0.3) is 11.1 Å². The molecule has 4 rings (SSSR count). The molecule has 8 heteroatoms. The molecule has 0 heterocycles. The van der Waals surface area contributed by atoms with Gasteiger partial charge in [-0.15, -0.1) is 0 Å². The third kappa shape index (κ3) is 7.07. The zero-order chi connectivity index (χ0) is 28.6. The van der Waals surface area contributed by atoms with Crippen molar-refractivity contribution in [3.8, 4) is 11.1 Å². The predicted octanol–water partition coefficient (Wildman–Crippen LogP) is 5.11. The second kappa shape index (κ2) is 13.3. The van der Waals surface area contributed by atoms with E-state index in [0.29, 0.717) is 6.42 Å². The molecule has 0 saturated carbocycles. The fourth-order valence-electron chi connectivity index (χ4n) is 5.02. The SMILES string of the molecule is CC(C)CC(NC(=O)OCC1c2ccccc2-c2ccccc21)C(=O)N[C@H](C(=O)O)[C@@H](C)OCc1ccccc1. The summed E-state index contributed by atoms with van der Waals surface area (Å²) in [4.78, 5) is 38.1. The molecular formula is C32H36N2O6. The molecule has 210 valence electrons. The van der Waals surface area contributed by atoms with Gasteiger partial charge in [0.2, 0.25) is 5.91 Å². The molecule has 2 amide bonds. The molecule has 3 atom stereocenters. The average Bonchev–Trinajstić information content (AvgIpc) is 3.26. The smallest absolute Gasteiger partial charge is 0.407 e. The van der Waals surface area contributed by atoms with E-state index in [4.69, 9.17) is 9.47 Å². The minimum absolute atomic E-state index is 0.0552. The molecule has 1 aliphatic carbocycles. The summed E-state index contributed by atoms with van der Waals surface area (Å²) in [6, 6.07) is 23.2. The second-order valence-corrected chi connectivity index (χ2v) is 10.5. The standard InChI is InChI=1S/C32H36N2O6/c1-20(2)17-28(30(35)34-29(31(36)37)21(3)39-18-22-11-5-4-6-12-22)33-32(38)40-19-27-25-15-9-7-13-23(25)24-14-8-10-16-26(24)27/h4-16,20-21,27-29H,17-19H2,1-3H3,(H,33,38)(H,34,35)(H,36,37)/t21-,28?,29+/m1/s1. The zero-order valence-corrected chi connectivity index (χ0v) is 23.0. The van der Waals surface area contributed by atoms with Crippen molar-refractivity contribution in [1.29, 1.82) is 0 Å². The maximum absolute atomic E-state index is 13.2. The van der Waals surface area contributed by atoms with Gasteiger partial charge in [-0.2, -0.15) is 0 Å². The van der Waals surface area contributed by atoms with E-state index < -0.39 is 36.2 Å². The number of benzene rings is 3. The van der Waals surface area contributed by atoms with Crippen molar-refractivity contribution in [2.24, 2.45) is 5.92 Å². The Kier molecular flexibility index (Phi) is 9.56. The highest BCUT2D eigenvalue weighted by Crippen LogP contribution is 2.44. The first-order chi connectivity index (χ1) is 19.2. The number of aliphatic carboxylic acids is 1. The van der Waals surface area contributed by atoms with Gasteiger partial charge in [-0.3, -0.25) is 4.79 Å². The Hall–Kier alpha value is -4.17. The maximum atomic E-state index is 13.2. The second-order valence-electron chi connectivity index (χ2n) is 10.5. The summed E-state index contributed by atoms with van der Waals surface area (Å²) < 4.78 is 11.4. The number of carbonyl (C=O) groups is 3. The molecule has 3 N–H and O–H groups in total. The van der Waals surface area contributed by atoms with Crippen LogP contribution in [-0.2, 0) is 25.7 Å². The summed E-state index contributed by atoms with van der Waals surface area (Å²) in [7, 11) is 0. The fraction of sp³-hybridized carbons (Fsp3) is 0.344. The van der Waals surface area contributed by atoms with Gasteiger partial charge in [0.15, 0.2) is 6.04 Å². The summed E-state index contributed by atoms with van der Waals surface area (Å²) in [5, 5.41) is 15.0. The van der Waals surface area contributed by atoms with Gasteiger partial charge in [0, 0.05) is 5.92 Å². The van der Waals surface area contributed by atoms with Crippen LogP contribution in [0.2, 0.25) is 0 Å². The molecule has 3 aromatic rings. The quantitative estimate of drug-likeness (QED) is 0.292. The highest BCUT2D eigenvalue weighted by atomic mass is 16.5. The molecule has 3 aromatic carbocycles. The van der Waals surface area contributed by atoms with Crippen molar-refractivity contribution in [3.63, 3.8) is 0 Å². The van der Waals surface area contributed by atoms with E-state index in [2.05, 4.69) is 22.8 Å². The van der Waals surface area contributed by atoms with Gasteiger partial charge >= 0.3 is 12.1 Å². The number of rotatable bonds is 12. The first-order valence-electron chi connectivity index (χ1n) is 13.5. The molecule has 0 aliphatic heterocycles. The van der Waals surface area contributed by atoms with Crippen LogP contribution in [0.15, 0.2) is 78.9 Å². The molecule has 8 nitrogen and oxygen atoms in total. The predicted molar refractivity (Wildman–Crippen MR) is 152 cm³/mol. The van der Waals surface area contributed by atoms with Gasteiger partial charge in [-0.25, -0.2) is 9.59 Å². The van der Waals surface area contributed by atoms with Crippen LogP contribution < -0.4 is 10.6 Å². The summed E-state index contributed by atoms with van der Waals surface area (Å²) in [6.07, 6.45) is -1.24. The van der Waals surface area contributed by atoms with Crippen molar-refractivity contribution in [3.05, 3.63) is 95.6 Å². The van der Waals surface area contributed by atoms with Crippen LogP contribution in [0.4, 0.5) is 4.79 Å². The Morgan fingerprint density at radius 3 is 1.98 bits per heavy atom. The highest BCUT2D eigenvalue weighted by Gasteiger charge is 2.33. The molecule has 1 unspecified atom stereocenters. The molecule has 40 heavy (non-hydrogen) atoms. The van der Waals surface area contributed by atoms with Crippen molar-refractivity contribution in [1.82, 2.24) is 10.6 Å². The van der Waals surface area contributed by atoms with E-state index in [-0.39, 0.29) is 25.0 Å². The number of ether oxygens (including phenoxy) is 2. The van der Waals surface area contributed by atoms with Crippen LogP contribution in [0.1, 0.15) is 49.8 Å². The summed E-state index contributed by atoms with van der Waals surface area (Å²) in [5.41, 5.74) is 5.29. The topological polar surface area (TPSA) is 114 Å². The summed E-state index contributed by atoms with van der Waals surface area (Å²) in [6.45, 7) is 5.74. The van der Waals surface area contributed by atoms with Gasteiger partial charge in [-0.1, -0.05) is 92.7 Å². The zero-order valence-electron chi connectivity index (χ0n) is 23.0. The number of amides is 2. The minimum atomic E-state index is -1.30. The number of carboxylic acids is 1. The van der Waals surface area contributed by atoms with Crippen molar-refractivity contribution in [2.75, 3.05) is 6.61 Å². The molecular weight excluding hydrogens is 508 g/mol. The summed E-state index contributed by atoms with van der Waals surface area (Å²) in [5.74, 6) is -1.89. The molecule has 0 bridgehead atoms. The lowest BCUT2D eigenvalue weighted by Crippen LogP contribution is -2.55. The molecule has 0 radical (unpaired) electrons. The molecule has 0 aromatic heterocycles. The number of hydrogen-bond acceptors (Lipinski definition) is 5. The largest absolute Gasteiger partial charge is 0.480 e. The first kappa shape index (κ1) is 28.8. The number of carboxylic acid groups (broad SMARTS) is 1. The van der Waals surface area contributed by atoms with E-state index in [0.717, 1.165) is 27.8 Å². The lowest BCUT2D eigenvalue weighted by molar-refractivity contribution is -0.146. The molecule has 0 saturated heterocycles. The first-order valence-corrected chi connectivity index (χ1v) is 13.5. The average molecular weight is 545 g/mol. The van der Waals surface area contributed by atoms with Gasteiger partial charge in [-0.05, 0) is 47.1 Å². The van der Waals surface area contributed by atoms with E-state index in [9.17, 15) is 19.5 Å². The Balaban J connectivity index is 1.38. The van der Waals surface area contributed by atoms with Gasteiger partial charge in [0.05, 0.1) is 12.7 Å². The monoisotopic (exact) mass is 544 g/mol. The maximum Gasteiger partial charge on any atom is 0.407 e. The Labute approximate surface area is 234 Å². The molecule has 0 fully saturated rings. The normalized spacial score (nSPS) is 14.5. The van der Waals surface area contributed by atoms with Gasteiger partial charge in [0.1, 0.15) is 12.6 Å². The highest BCUT2D eigenvalue weighted by molar-refractivity contribution is 5.89. The Morgan fingerprint density at radius 2 is 1.40 bits per heavy atom. The van der Waals surface area contributed by atoms with Crippen molar-refractivity contribution < 1.29 is 29.0 Å². The van der Waals surface area contributed by atoms with E-state index >= 15 is 0 Å².